The van der Waals surface area contributed by atoms with Gasteiger partial charge in [-0.3, -0.25) is 9.69 Å². The van der Waals surface area contributed by atoms with E-state index >= 15 is 0 Å². The van der Waals surface area contributed by atoms with E-state index in [-0.39, 0.29) is 0 Å². The van der Waals surface area contributed by atoms with E-state index < -0.39 is 23.9 Å². The fourth-order valence-electron chi connectivity index (χ4n) is 2.04. The van der Waals surface area contributed by atoms with Crippen LogP contribution in [0.15, 0.2) is 18.2 Å². The monoisotopic (exact) mass is 279 g/mol. The van der Waals surface area contributed by atoms with E-state index in [0.29, 0.717) is 16.8 Å². The molecule has 1 rings (SSSR count). The van der Waals surface area contributed by atoms with E-state index in [1.54, 1.807) is 32.0 Å². The Kier molecular flexibility index (Phi) is 4.85. The number of aryl methyl sites for hydroxylation is 2. The Balaban J connectivity index is 3.42. The predicted molar refractivity (Wildman–Crippen MR) is 72.5 cm³/mol. The third-order valence-corrected chi connectivity index (χ3v) is 3.01. The molecule has 0 aliphatic rings. The third kappa shape index (κ3) is 2.96. The van der Waals surface area contributed by atoms with Crippen LogP contribution in [0.5, 0.6) is 0 Å². The lowest BCUT2D eigenvalue weighted by molar-refractivity contribution is -0.150. The van der Waals surface area contributed by atoms with Gasteiger partial charge in [0.05, 0.1) is 12.8 Å². The van der Waals surface area contributed by atoms with Gasteiger partial charge in [0.25, 0.3) is 0 Å². The average molecular weight is 279 g/mol. The first-order valence-electron chi connectivity index (χ1n) is 6.01. The number of carboxylic acid groups (broad SMARTS) is 1. The van der Waals surface area contributed by atoms with Crippen molar-refractivity contribution in [2.45, 2.75) is 26.8 Å². The molecule has 0 aliphatic heterocycles. The summed E-state index contributed by atoms with van der Waals surface area (Å²) >= 11 is 0. The molecule has 1 aromatic carbocycles. The van der Waals surface area contributed by atoms with Gasteiger partial charge < -0.3 is 9.84 Å². The molecule has 108 valence electrons. The van der Waals surface area contributed by atoms with Crippen molar-refractivity contribution < 1.29 is 24.2 Å². The number of carboxylic acids is 1. The van der Waals surface area contributed by atoms with Crippen molar-refractivity contribution in [3.8, 4) is 0 Å². The number of para-hydroxylation sites is 1. The summed E-state index contributed by atoms with van der Waals surface area (Å²) in [6.45, 7) is 4.92. The van der Waals surface area contributed by atoms with E-state index in [1.807, 2.05) is 0 Å². The molecule has 0 spiro atoms. The molecule has 0 radical (unpaired) electrons. The number of rotatable bonds is 3. The Morgan fingerprint density at radius 3 is 2.10 bits per heavy atom. The summed E-state index contributed by atoms with van der Waals surface area (Å²) in [5, 5.41) is 8.96. The largest absolute Gasteiger partial charge is 0.474 e. The number of nitrogens with zero attached hydrogens (tertiary/aromatic N) is 1. The van der Waals surface area contributed by atoms with Gasteiger partial charge in [-0.2, -0.15) is 0 Å². The van der Waals surface area contributed by atoms with Crippen molar-refractivity contribution in [2.24, 2.45) is 0 Å². The number of esters is 1. The van der Waals surface area contributed by atoms with E-state index in [9.17, 15) is 14.4 Å². The maximum Gasteiger partial charge on any atom is 0.394 e. The fourth-order valence-corrected chi connectivity index (χ4v) is 2.04. The van der Waals surface area contributed by atoms with Gasteiger partial charge in [0.1, 0.15) is 6.04 Å². The predicted octanol–water partition coefficient (Wildman–Crippen LogP) is 1.28. The number of hydrogen-bond donors (Lipinski definition) is 1. The van der Waals surface area contributed by atoms with Crippen molar-refractivity contribution in [1.29, 1.82) is 0 Å². The smallest absolute Gasteiger partial charge is 0.394 e. The molecule has 1 N–H and O–H groups in total. The molecule has 1 amide bonds. The second-order valence-corrected chi connectivity index (χ2v) is 4.42. The molecule has 0 saturated carbocycles. The minimum atomic E-state index is -1.62. The molecule has 0 heterocycles. The molecule has 0 saturated heterocycles. The molecule has 6 heteroatoms. The Labute approximate surface area is 117 Å². The van der Waals surface area contributed by atoms with Crippen molar-refractivity contribution in [3.63, 3.8) is 0 Å². The van der Waals surface area contributed by atoms with Crippen LogP contribution in [-0.2, 0) is 19.1 Å². The van der Waals surface area contributed by atoms with Gasteiger partial charge in [-0.15, -0.1) is 0 Å². The molecule has 1 aromatic rings. The lowest BCUT2D eigenvalue weighted by Crippen LogP contribution is -2.47. The molecule has 6 nitrogen and oxygen atoms in total. The summed E-state index contributed by atoms with van der Waals surface area (Å²) in [4.78, 5) is 35.6. The van der Waals surface area contributed by atoms with Gasteiger partial charge in [-0.25, -0.2) is 9.59 Å². The topological polar surface area (TPSA) is 83.9 Å². The number of carbonyl (C=O) groups is 3. The summed E-state index contributed by atoms with van der Waals surface area (Å²) < 4.78 is 4.60. The van der Waals surface area contributed by atoms with Crippen LogP contribution in [0.2, 0.25) is 0 Å². The zero-order chi connectivity index (χ0) is 15.4. The Hall–Kier alpha value is -2.37. The quantitative estimate of drug-likeness (QED) is 0.665. The average Bonchev–Trinajstić information content (AvgIpc) is 2.40. The second-order valence-electron chi connectivity index (χ2n) is 4.42. The number of ether oxygens (including phenoxy) is 1. The normalized spacial score (nSPS) is 11.6. The number of benzene rings is 1. The van der Waals surface area contributed by atoms with E-state index in [2.05, 4.69) is 4.74 Å². The Bertz CT molecular complexity index is 532. The highest BCUT2D eigenvalue weighted by atomic mass is 16.5. The zero-order valence-electron chi connectivity index (χ0n) is 11.8. The van der Waals surface area contributed by atoms with Gasteiger partial charge in [-0.05, 0) is 31.9 Å². The van der Waals surface area contributed by atoms with Gasteiger partial charge in [0, 0.05) is 0 Å². The summed E-state index contributed by atoms with van der Waals surface area (Å²) in [6, 6.07) is 4.26. The number of anilines is 1. The first-order chi connectivity index (χ1) is 9.31. The summed E-state index contributed by atoms with van der Waals surface area (Å²) in [5.41, 5.74) is 1.82. The van der Waals surface area contributed by atoms with Crippen LogP contribution >= 0.6 is 0 Å². The number of methoxy groups -OCH3 is 1. The van der Waals surface area contributed by atoms with Gasteiger partial charge >= 0.3 is 17.8 Å². The van der Waals surface area contributed by atoms with Crippen molar-refractivity contribution in [3.05, 3.63) is 29.3 Å². The molecule has 20 heavy (non-hydrogen) atoms. The van der Waals surface area contributed by atoms with Crippen LogP contribution in [0.4, 0.5) is 5.69 Å². The molecule has 0 fully saturated rings. The maximum atomic E-state index is 11.9. The maximum absolute atomic E-state index is 11.9. The van der Waals surface area contributed by atoms with Crippen molar-refractivity contribution in [2.75, 3.05) is 12.0 Å². The van der Waals surface area contributed by atoms with E-state index in [4.69, 9.17) is 5.11 Å². The number of hydrogen-bond acceptors (Lipinski definition) is 4. The minimum absolute atomic E-state index is 0.415. The van der Waals surface area contributed by atoms with Crippen LogP contribution in [0.3, 0.4) is 0 Å². The number of aliphatic carboxylic acids is 1. The molecule has 0 bridgehead atoms. The van der Waals surface area contributed by atoms with Crippen LogP contribution in [-0.4, -0.2) is 36.1 Å². The number of carbonyl (C=O) groups excluding carboxylic acids is 2. The molecular formula is C14H17NO5. The first kappa shape index (κ1) is 15.7. The van der Waals surface area contributed by atoms with Crippen molar-refractivity contribution in [1.82, 2.24) is 0 Å². The van der Waals surface area contributed by atoms with Crippen LogP contribution < -0.4 is 4.90 Å². The SMILES string of the molecule is COC(=O)[C@@H](C)N(C(=O)C(=O)O)c1c(C)cccc1C. The molecule has 0 aliphatic carbocycles. The summed E-state index contributed by atoms with van der Waals surface area (Å²) in [5.74, 6) is -3.47. The highest BCUT2D eigenvalue weighted by Gasteiger charge is 2.33. The van der Waals surface area contributed by atoms with Crippen LogP contribution in [0, 0.1) is 13.8 Å². The van der Waals surface area contributed by atoms with Gasteiger partial charge in [0.15, 0.2) is 0 Å². The van der Waals surface area contributed by atoms with Crippen LogP contribution in [0.1, 0.15) is 18.1 Å². The highest BCUT2D eigenvalue weighted by molar-refractivity contribution is 6.38. The van der Waals surface area contributed by atoms with E-state index in [1.165, 1.54) is 14.0 Å². The Morgan fingerprint density at radius 2 is 1.70 bits per heavy atom. The highest BCUT2D eigenvalue weighted by Crippen LogP contribution is 2.27. The van der Waals surface area contributed by atoms with Gasteiger partial charge in [0.2, 0.25) is 0 Å². The van der Waals surface area contributed by atoms with E-state index in [0.717, 1.165) is 4.90 Å². The molecule has 1 atom stereocenters. The molecule has 0 unspecified atom stereocenters. The number of amides is 1. The standard InChI is InChI=1S/C14H17NO5/c1-8-6-5-7-9(2)11(8)15(12(16)13(17)18)10(3)14(19)20-4/h5-7,10H,1-4H3,(H,17,18)/t10-/m1/s1. The zero-order valence-corrected chi connectivity index (χ0v) is 11.8. The molecular weight excluding hydrogens is 262 g/mol. The minimum Gasteiger partial charge on any atom is -0.474 e. The van der Waals surface area contributed by atoms with Crippen LogP contribution in [0.25, 0.3) is 0 Å². The van der Waals surface area contributed by atoms with Crippen molar-refractivity contribution >= 4 is 23.5 Å². The molecule has 0 aromatic heterocycles. The second kappa shape index (κ2) is 6.18. The summed E-state index contributed by atoms with van der Waals surface area (Å²) in [7, 11) is 1.19. The fraction of sp³-hybridized carbons (Fsp3) is 0.357. The summed E-state index contributed by atoms with van der Waals surface area (Å²) in [6.07, 6.45) is 0. The Morgan fingerprint density at radius 1 is 1.20 bits per heavy atom. The van der Waals surface area contributed by atoms with Gasteiger partial charge in [-0.1, -0.05) is 18.2 Å². The lowest BCUT2D eigenvalue weighted by atomic mass is 10.1. The lowest BCUT2D eigenvalue weighted by Gasteiger charge is -2.28. The first-order valence-corrected chi connectivity index (χ1v) is 6.01. The third-order valence-electron chi connectivity index (χ3n) is 3.01.